The van der Waals surface area contributed by atoms with Gasteiger partial charge in [0.2, 0.25) is 0 Å². The first kappa shape index (κ1) is 11.0. The van der Waals surface area contributed by atoms with Crippen LogP contribution >= 0.6 is 0 Å². The predicted molar refractivity (Wildman–Crippen MR) is 59.9 cm³/mol. The lowest BCUT2D eigenvalue weighted by atomic mass is 10.1. The Balaban J connectivity index is 0.000000531. The molecule has 1 saturated carbocycles. The van der Waals surface area contributed by atoms with Crippen molar-refractivity contribution in [2.24, 2.45) is 11.1 Å². The molecule has 2 N–H and O–H groups in total. The lowest BCUT2D eigenvalue weighted by molar-refractivity contribution is 0.268. The molecule has 80 valence electrons. The van der Waals surface area contributed by atoms with E-state index >= 15 is 0 Å². The summed E-state index contributed by atoms with van der Waals surface area (Å²) in [5.41, 5.74) is 6.28. The first-order valence-electron chi connectivity index (χ1n) is 5.77. The van der Waals surface area contributed by atoms with Gasteiger partial charge in [-0.3, -0.25) is 0 Å². The van der Waals surface area contributed by atoms with E-state index in [-0.39, 0.29) is 1.43 Å². The highest BCUT2D eigenvalue weighted by molar-refractivity contribution is 4.96. The maximum absolute atomic E-state index is 5.72. The van der Waals surface area contributed by atoms with Gasteiger partial charge in [-0.1, -0.05) is 13.8 Å². The van der Waals surface area contributed by atoms with Crippen molar-refractivity contribution in [3.63, 3.8) is 0 Å². The third kappa shape index (κ3) is 2.96. The van der Waals surface area contributed by atoms with E-state index in [1.165, 1.54) is 45.3 Å². The second-order valence-corrected chi connectivity index (χ2v) is 4.19. The Labute approximate surface area is 84.0 Å². The minimum atomic E-state index is 0. The quantitative estimate of drug-likeness (QED) is 0.731. The summed E-state index contributed by atoms with van der Waals surface area (Å²) in [5.74, 6) is 0. The predicted octanol–water partition coefficient (Wildman–Crippen LogP) is 2.09. The Morgan fingerprint density at radius 2 is 1.77 bits per heavy atom. The highest BCUT2D eigenvalue weighted by Gasteiger charge is 2.42. The van der Waals surface area contributed by atoms with Crippen LogP contribution in [0.3, 0.4) is 0 Å². The van der Waals surface area contributed by atoms with Crippen molar-refractivity contribution in [1.82, 2.24) is 4.90 Å². The van der Waals surface area contributed by atoms with Crippen molar-refractivity contribution in [3.8, 4) is 0 Å². The number of nitrogens with two attached hydrogens (primary N) is 1. The summed E-state index contributed by atoms with van der Waals surface area (Å²) in [6.07, 6.45) is 5.56. The third-order valence-electron chi connectivity index (χ3n) is 3.15. The highest BCUT2D eigenvalue weighted by Crippen LogP contribution is 2.45. The topological polar surface area (TPSA) is 29.3 Å². The number of hydrogen-bond donors (Lipinski definition) is 1. The van der Waals surface area contributed by atoms with E-state index in [4.69, 9.17) is 5.73 Å². The van der Waals surface area contributed by atoms with Crippen LogP contribution in [0.15, 0.2) is 0 Å². The van der Waals surface area contributed by atoms with Crippen LogP contribution in [-0.4, -0.2) is 31.1 Å². The van der Waals surface area contributed by atoms with Gasteiger partial charge in [0.25, 0.3) is 0 Å². The summed E-state index contributed by atoms with van der Waals surface area (Å²) in [6, 6.07) is 0. The molecule has 0 bridgehead atoms. The van der Waals surface area contributed by atoms with Gasteiger partial charge in [0, 0.05) is 7.97 Å². The minimum absolute atomic E-state index is 0. The fourth-order valence-corrected chi connectivity index (χ4v) is 2.02. The summed E-state index contributed by atoms with van der Waals surface area (Å²) >= 11 is 0. The van der Waals surface area contributed by atoms with Crippen molar-refractivity contribution in [2.45, 2.75) is 39.5 Å². The maximum Gasteiger partial charge on any atom is 0.00501 e. The SMILES string of the molecule is CC.NCC1(CN2CCCC2)CC1.[HH]. The Kier molecular flexibility index (Phi) is 4.20. The van der Waals surface area contributed by atoms with E-state index in [2.05, 4.69) is 4.90 Å². The molecular weight excluding hydrogens is 160 g/mol. The monoisotopic (exact) mass is 186 g/mol. The van der Waals surface area contributed by atoms with Gasteiger partial charge in [0.1, 0.15) is 0 Å². The van der Waals surface area contributed by atoms with Crippen LogP contribution in [0.1, 0.15) is 41.0 Å². The van der Waals surface area contributed by atoms with Crippen molar-refractivity contribution >= 4 is 0 Å². The molecule has 0 aromatic carbocycles. The lowest BCUT2D eigenvalue weighted by Crippen LogP contribution is -2.32. The molecule has 0 atom stereocenters. The molecule has 1 aliphatic heterocycles. The van der Waals surface area contributed by atoms with Crippen molar-refractivity contribution in [1.29, 1.82) is 0 Å². The average Bonchev–Trinajstić information content (AvgIpc) is 2.77. The molecule has 1 heterocycles. The van der Waals surface area contributed by atoms with Gasteiger partial charge >= 0.3 is 0 Å². The van der Waals surface area contributed by atoms with Crippen LogP contribution in [0.2, 0.25) is 0 Å². The number of nitrogens with zero attached hydrogens (tertiary/aromatic N) is 1. The molecule has 13 heavy (non-hydrogen) atoms. The number of hydrogen-bond acceptors (Lipinski definition) is 2. The van der Waals surface area contributed by atoms with Crippen LogP contribution in [-0.2, 0) is 0 Å². The molecule has 0 unspecified atom stereocenters. The van der Waals surface area contributed by atoms with E-state index in [1.807, 2.05) is 13.8 Å². The zero-order valence-corrected chi connectivity index (χ0v) is 9.18. The Hall–Kier alpha value is -0.0800. The molecule has 1 saturated heterocycles. The lowest BCUT2D eigenvalue weighted by Gasteiger charge is -2.21. The highest BCUT2D eigenvalue weighted by atomic mass is 15.1. The smallest absolute Gasteiger partial charge is 0.00501 e. The van der Waals surface area contributed by atoms with Gasteiger partial charge in [0.05, 0.1) is 0 Å². The van der Waals surface area contributed by atoms with Crippen LogP contribution < -0.4 is 5.73 Å². The fourth-order valence-electron chi connectivity index (χ4n) is 2.02. The molecular formula is C11H26N2. The van der Waals surface area contributed by atoms with E-state index < -0.39 is 0 Å². The third-order valence-corrected chi connectivity index (χ3v) is 3.15. The molecule has 2 aliphatic rings. The van der Waals surface area contributed by atoms with Gasteiger partial charge in [0.15, 0.2) is 0 Å². The standard InChI is InChI=1S/C9H18N2.C2H6.H2/c10-7-9(3-4-9)8-11-5-1-2-6-11;1-2;/h1-8,10H2;1-2H3;1H. The molecule has 2 rings (SSSR count). The van der Waals surface area contributed by atoms with Crippen molar-refractivity contribution in [2.75, 3.05) is 26.2 Å². The minimum Gasteiger partial charge on any atom is -0.330 e. The van der Waals surface area contributed by atoms with Crippen LogP contribution in [0.5, 0.6) is 0 Å². The average molecular weight is 186 g/mol. The Bertz CT molecular complexity index is 140. The van der Waals surface area contributed by atoms with Gasteiger partial charge < -0.3 is 10.6 Å². The summed E-state index contributed by atoms with van der Waals surface area (Å²) in [7, 11) is 0. The van der Waals surface area contributed by atoms with Gasteiger partial charge in [-0.05, 0) is 50.7 Å². The molecule has 0 amide bonds. The van der Waals surface area contributed by atoms with E-state index in [1.54, 1.807) is 0 Å². The molecule has 2 fully saturated rings. The molecule has 0 aromatic heterocycles. The van der Waals surface area contributed by atoms with Gasteiger partial charge in [-0.15, -0.1) is 0 Å². The molecule has 2 heteroatoms. The summed E-state index contributed by atoms with van der Waals surface area (Å²) in [4.78, 5) is 2.58. The van der Waals surface area contributed by atoms with E-state index in [0.29, 0.717) is 5.41 Å². The van der Waals surface area contributed by atoms with Crippen LogP contribution in [0.4, 0.5) is 0 Å². The Morgan fingerprint density at radius 3 is 2.15 bits per heavy atom. The van der Waals surface area contributed by atoms with Gasteiger partial charge in [-0.25, -0.2) is 0 Å². The first-order valence-corrected chi connectivity index (χ1v) is 5.77. The summed E-state index contributed by atoms with van der Waals surface area (Å²) < 4.78 is 0. The zero-order chi connectivity index (χ0) is 9.73. The summed E-state index contributed by atoms with van der Waals surface area (Å²) in [6.45, 7) is 8.83. The zero-order valence-electron chi connectivity index (χ0n) is 9.18. The summed E-state index contributed by atoms with van der Waals surface area (Å²) in [5, 5.41) is 0. The van der Waals surface area contributed by atoms with E-state index in [9.17, 15) is 0 Å². The van der Waals surface area contributed by atoms with Crippen LogP contribution in [0.25, 0.3) is 0 Å². The second-order valence-electron chi connectivity index (χ2n) is 4.19. The second kappa shape index (κ2) is 4.97. The maximum atomic E-state index is 5.72. The van der Waals surface area contributed by atoms with Gasteiger partial charge in [-0.2, -0.15) is 0 Å². The van der Waals surface area contributed by atoms with Crippen molar-refractivity contribution < 1.29 is 1.43 Å². The Morgan fingerprint density at radius 1 is 1.23 bits per heavy atom. The normalized spacial score (nSPS) is 25.2. The van der Waals surface area contributed by atoms with E-state index in [0.717, 1.165) is 6.54 Å². The molecule has 0 aromatic rings. The molecule has 0 radical (unpaired) electrons. The largest absolute Gasteiger partial charge is 0.330 e. The first-order chi connectivity index (χ1) is 6.35. The molecule has 0 spiro atoms. The fraction of sp³-hybridized carbons (Fsp3) is 1.00. The number of rotatable bonds is 3. The molecule has 2 nitrogen and oxygen atoms in total. The number of likely N-dealkylation sites (tertiary alicyclic amines) is 1. The molecule has 1 aliphatic carbocycles. The van der Waals surface area contributed by atoms with Crippen molar-refractivity contribution in [3.05, 3.63) is 0 Å². The van der Waals surface area contributed by atoms with Crippen LogP contribution in [0, 0.1) is 5.41 Å².